The highest BCUT2D eigenvalue weighted by atomic mass is 16.5. The molecule has 1 aromatic rings. The summed E-state index contributed by atoms with van der Waals surface area (Å²) < 4.78 is 5.61. The van der Waals surface area contributed by atoms with Crippen molar-refractivity contribution in [2.24, 2.45) is 5.73 Å². The summed E-state index contributed by atoms with van der Waals surface area (Å²) in [5.74, 6) is 0. The van der Waals surface area contributed by atoms with Crippen LogP contribution in [0.5, 0.6) is 0 Å². The highest BCUT2D eigenvalue weighted by Gasteiger charge is 2.18. The second-order valence-electron chi connectivity index (χ2n) is 4.69. The van der Waals surface area contributed by atoms with Gasteiger partial charge >= 0.3 is 0 Å². The van der Waals surface area contributed by atoms with E-state index in [9.17, 15) is 0 Å². The molecule has 1 saturated heterocycles. The number of ether oxygens (including phenoxy) is 1. The van der Waals surface area contributed by atoms with Crippen molar-refractivity contribution >= 4 is 0 Å². The quantitative estimate of drug-likeness (QED) is 0.816. The van der Waals surface area contributed by atoms with E-state index in [-0.39, 0.29) is 6.04 Å². The number of aryl methyl sites for hydroxylation is 1. The first-order valence-electron chi connectivity index (χ1n) is 6.42. The van der Waals surface area contributed by atoms with Gasteiger partial charge < -0.3 is 15.8 Å². The first-order valence-corrected chi connectivity index (χ1v) is 6.42. The van der Waals surface area contributed by atoms with Crippen LogP contribution in [0.25, 0.3) is 0 Å². The molecule has 1 aromatic carbocycles. The first-order chi connectivity index (χ1) is 8.31. The van der Waals surface area contributed by atoms with Gasteiger partial charge in [0.2, 0.25) is 0 Å². The van der Waals surface area contributed by atoms with Crippen molar-refractivity contribution in [2.45, 2.75) is 31.9 Å². The minimum Gasteiger partial charge on any atom is -0.377 e. The molecule has 0 bridgehead atoms. The largest absolute Gasteiger partial charge is 0.377 e. The average Bonchev–Trinajstić information content (AvgIpc) is 2.85. The molecule has 1 aliphatic rings. The van der Waals surface area contributed by atoms with Gasteiger partial charge in [0, 0.05) is 25.7 Å². The van der Waals surface area contributed by atoms with Crippen molar-refractivity contribution < 1.29 is 4.74 Å². The number of benzene rings is 1. The molecule has 3 heteroatoms. The summed E-state index contributed by atoms with van der Waals surface area (Å²) in [4.78, 5) is 0. The predicted molar refractivity (Wildman–Crippen MR) is 70.0 cm³/mol. The highest BCUT2D eigenvalue weighted by molar-refractivity contribution is 5.28. The van der Waals surface area contributed by atoms with Gasteiger partial charge in [0.05, 0.1) is 6.10 Å². The van der Waals surface area contributed by atoms with Crippen LogP contribution in [0.4, 0.5) is 0 Å². The molecule has 3 nitrogen and oxygen atoms in total. The summed E-state index contributed by atoms with van der Waals surface area (Å²) in [6.45, 7) is 4.56. The van der Waals surface area contributed by atoms with E-state index in [2.05, 4.69) is 36.5 Å². The van der Waals surface area contributed by atoms with E-state index in [0.717, 1.165) is 19.6 Å². The molecule has 0 saturated carbocycles. The Bertz CT molecular complexity index is 348. The van der Waals surface area contributed by atoms with Gasteiger partial charge in [-0.2, -0.15) is 0 Å². The Morgan fingerprint density at radius 2 is 2.29 bits per heavy atom. The van der Waals surface area contributed by atoms with E-state index in [1.54, 1.807) is 0 Å². The molecule has 2 unspecified atom stereocenters. The van der Waals surface area contributed by atoms with Crippen LogP contribution in [0.1, 0.15) is 30.0 Å². The van der Waals surface area contributed by atoms with Crippen LogP contribution >= 0.6 is 0 Å². The van der Waals surface area contributed by atoms with Crippen LogP contribution in [-0.4, -0.2) is 25.8 Å². The molecule has 1 fully saturated rings. The Morgan fingerprint density at radius 3 is 2.94 bits per heavy atom. The lowest BCUT2D eigenvalue weighted by Crippen LogP contribution is -2.34. The van der Waals surface area contributed by atoms with E-state index in [1.165, 1.54) is 17.5 Å². The molecule has 0 spiro atoms. The maximum Gasteiger partial charge on any atom is 0.0700 e. The lowest BCUT2D eigenvalue weighted by atomic mass is 10.0. The molecule has 94 valence electrons. The van der Waals surface area contributed by atoms with Crippen molar-refractivity contribution in [1.29, 1.82) is 0 Å². The summed E-state index contributed by atoms with van der Waals surface area (Å²) in [6, 6.07) is 8.65. The molecule has 2 atom stereocenters. The van der Waals surface area contributed by atoms with Crippen molar-refractivity contribution in [1.82, 2.24) is 5.32 Å². The topological polar surface area (TPSA) is 47.3 Å². The van der Waals surface area contributed by atoms with Crippen molar-refractivity contribution in [3.63, 3.8) is 0 Å². The third kappa shape index (κ3) is 3.28. The highest BCUT2D eigenvalue weighted by Crippen LogP contribution is 2.17. The predicted octanol–water partition coefficient (Wildman–Crippen LogP) is 1.76. The molecule has 1 heterocycles. The van der Waals surface area contributed by atoms with Gasteiger partial charge in [0.1, 0.15) is 0 Å². The molecular weight excluding hydrogens is 212 g/mol. The summed E-state index contributed by atoms with van der Waals surface area (Å²) >= 11 is 0. The van der Waals surface area contributed by atoms with E-state index < -0.39 is 0 Å². The van der Waals surface area contributed by atoms with Crippen LogP contribution in [-0.2, 0) is 4.74 Å². The third-order valence-corrected chi connectivity index (χ3v) is 3.42. The van der Waals surface area contributed by atoms with E-state index in [4.69, 9.17) is 10.5 Å². The fraction of sp³-hybridized carbons (Fsp3) is 0.571. The van der Waals surface area contributed by atoms with E-state index >= 15 is 0 Å². The van der Waals surface area contributed by atoms with Gasteiger partial charge in [-0.15, -0.1) is 0 Å². The van der Waals surface area contributed by atoms with Crippen molar-refractivity contribution in [2.75, 3.05) is 19.7 Å². The zero-order valence-electron chi connectivity index (χ0n) is 10.5. The molecule has 2 rings (SSSR count). The smallest absolute Gasteiger partial charge is 0.0700 e. The number of rotatable bonds is 5. The zero-order chi connectivity index (χ0) is 12.1. The van der Waals surface area contributed by atoms with Crippen molar-refractivity contribution in [3.8, 4) is 0 Å². The molecule has 0 aromatic heterocycles. The van der Waals surface area contributed by atoms with E-state index in [1.807, 2.05) is 0 Å². The summed E-state index contributed by atoms with van der Waals surface area (Å²) in [6.07, 6.45) is 2.72. The van der Waals surface area contributed by atoms with Crippen LogP contribution in [0, 0.1) is 6.92 Å². The first kappa shape index (κ1) is 12.6. The number of hydrogen-bond donors (Lipinski definition) is 2. The lowest BCUT2D eigenvalue weighted by molar-refractivity contribution is 0.107. The molecule has 0 amide bonds. The van der Waals surface area contributed by atoms with Crippen molar-refractivity contribution in [3.05, 3.63) is 35.4 Å². The molecule has 1 aliphatic heterocycles. The Labute approximate surface area is 103 Å². The Morgan fingerprint density at radius 1 is 1.47 bits per heavy atom. The third-order valence-electron chi connectivity index (χ3n) is 3.42. The number of hydrogen-bond acceptors (Lipinski definition) is 3. The Kier molecular flexibility index (Phi) is 4.54. The second kappa shape index (κ2) is 6.15. The normalized spacial score (nSPS) is 21.6. The van der Waals surface area contributed by atoms with Crippen LogP contribution in [0.2, 0.25) is 0 Å². The Hall–Kier alpha value is -0.900. The minimum atomic E-state index is 0.236. The standard InChI is InChI=1S/C14H22N2O/c1-11-5-2-3-7-13(11)14(9-15)16-10-12-6-4-8-17-12/h2-3,5,7,12,14,16H,4,6,8-10,15H2,1H3. The van der Waals surface area contributed by atoms with Gasteiger partial charge in [0.15, 0.2) is 0 Å². The average molecular weight is 234 g/mol. The van der Waals surface area contributed by atoms with Gasteiger partial charge in [-0.3, -0.25) is 0 Å². The zero-order valence-corrected chi connectivity index (χ0v) is 10.5. The second-order valence-corrected chi connectivity index (χ2v) is 4.69. The summed E-state index contributed by atoms with van der Waals surface area (Å²) in [5, 5.41) is 3.52. The van der Waals surface area contributed by atoms with Gasteiger partial charge in [-0.1, -0.05) is 24.3 Å². The maximum absolute atomic E-state index is 5.86. The fourth-order valence-corrected chi connectivity index (χ4v) is 2.38. The summed E-state index contributed by atoms with van der Waals surface area (Å²) in [7, 11) is 0. The molecule has 0 radical (unpaired) electrons. The van der Waals surface area contributed by atoms with E-state index in [0.29, 0.717) is 12.6 Å². The van der Waals surface area contributed by atoms with Gasteiger partial charge in [0.25, 0.3) is 0 Å². The SMILES string of the molecule is Cc1ccccc1C(CN)NCC1CCCO1. The Balaban J connectivity index is 1.94. The molecule has 0 aliphatic carbocycles. The maximum atomic E-state index is 5.86. The monoisotopic (exact) mass is 234 g/mol. The molecule has 17 heavy (non-hydrogen) atoms. The van der Waals surface area contributed by atoms with Gasteiger partial charge in [-0.05, 0) is 30.9 Å². The molecular formula is C14H22N2O. The van der Waals surface area contributed by atoms with Crippen LogP contribution in [0.3, 0.4) is 0 Å². The van der Waals surface area contributed by atoms with Crippen LogP contribution < -0.4 is 11.1 Å². The lowest BCUT2D eigenvalue weighted by Gasteiger charge is -2.21. The van der Waals surface area contributed by atoms with Gasteiger partial charge in [-0.25, -0.2) is 0 Å². The summed E-state index contributed by atoms with van der Waals surface area (Å²) in [5.41, 5.74) is 8.45. The molecule has 3 N–H and O–H groups in total. The van der Waals surface area contributed by atoms with Crippen LogP contribution in [0.15, 0.2) is 24.3 Å². The minimum absolute atomic E-state index is 0.236. The fourth-order valence-electron chi connectivity index (χ4n) is 2.38. The number of nitrogens with two attached hydrogens (primary N) is 1. The number of nitrogens with one attached hydrogen (secondary N) is 1.